The molecule has 0 unspecified atom stereocenters. The van der Waals surface area contributed by atoms with Crippen LogP contribution in [0.5, 0.6) is 0 Å². The topological polar surface area (TPSA) is 119 Å². The molecule has 0 saturated carbocycles. The van der Waals surface area contributed by atoms with Crippen LogP contribution in [0.3, 0.4) is 0 Å². The van der Waals surface area contributed by atoms with Gasteiger partial charge in [0, 0.05) is 25.6 Å². The van der Waals surface area contributed by atoms with Crippen molar-refractivity contribution in [2.24, 2.45) is 0 Å². The zero-order chi connectivity index (χ0) is 22.0. The van der Waals surface area contributed by atoms with E-state index in [1.807, 2.05) is 6.07 Å². The standard InChI is InChI=1S/C22H21N3O6/c26-20(23-13-15-8-5-11-31-15)18(12-14-6-2-1-3-7-14)24-21(27)16-9-4-10-17(25(29)30)19(16)22(24)28/h1-4,6-7,9-10,15,18H,5,8,11-13H2,(H,23,26)/t15-,18-/m0/s1. The predicted molar refractivity (Wildman–Crippen MR) is 110 cm³/mol. The minimum atomic E-state index is -1.14. The van der Waals surface area contributed by atoms with Gasteiger partial charge in [-0.15, -0.1) is 0 Å². The molecule has 160 valence electrons. The molecule has 3 amide bonds. The van der Waals surface area contributed by atoms with Gasteiger partial charge in [0.2, 0.25) is 5.91 Å². The molecular weight excluding hydrogens is 402 g/mol. The molecule has 0 aromatic heterocycles. The number of nitrogens with one attached hydrogen (secondary N) is 1. The maximum Gasteiger partial charge on any atom is 0.282 e. The highest BCUT2D eigenvalue weighted by Crippen LogP contribution is 2.32. The van der Waals surface area contributed by atoms with Crippen LogP contribution in [0.25, 0.3) is 0 Å². The van der Waals surface area contributed by atoms with E-state index in [0.29, 0.717) is 6.61 Å². The number of rotatable bonds is 7. The number of carbonyl (C=O) groups excluding carboxylic acids is 3. The Kier molecular flexibility index (Phi) is 5.77. The summed E-state index contributed by atoms with van der Waals surface area (Å²) in [7, 11) is 0. The Morgan fingerprint density at radius 2 is 1.94 bits per heavy atom. The fourth-order valence-electron chi connectivity index (χ4n) is 4.00. The molecular formula is C22H21N3O6. The Balaban J connectivity index is 1.65. The number of nitro benzene ring substituents is 1. The normalized spacial score (nSPS) is 18.7. The largest absolute Gasteiger partial charge is 0.376 e. The minimum Gasteiger partial charge on any atom is -0.376 e. The van der Waals surface area contributed by atoms with E-state index in [1.54, 1.807) is 24.3 Å². The van der Waals surface area contributed by atoms with Gasteiger partial charge in [0.25, 0.3) is 17.5 Å². The van der Waals surface area contributed by atoms with Crippen LogP contribution in [0.2, 0.25) is 0 Å². The van der Waals surface area contributed by atoms with E-state index in [2.05, 4.69) is 5.32 Å². The maximum atomic E-state index is 13.1. The van der Waals surface area contributed by atoms with E-state index in [0.717, 1.165) is 23.3 Å². The zero-order valence-electron chi connectivity index (χ0n) is 16.7. The molecule has 0 aliphatic carbocycles. The molecule has 2 aromatic rings. The smallest absolute Gasteiger partial charge is 0.282 e. The van der Waals surface area contributed by atoms with Gasteiger partial charge in [0.1, 0.15) is 11.6 Å². The van der Waals surface area contributed by atoms with Crippen LogP contribution in [-0.4, -0.2) is 52.8 Å². The van der Waals surface area contributed by atoms with Crippen molar-refractivity contribution in [1.82, 2.24) is 10.2 Å². The van der Waals surface area contributed by atoms with Gasteiger partial charge < -0.3 is 10.1 Å². The number of nitro groups is 1. The molecule has 0 spiro atoms. The lowest BCUT2D eigenvalue weighted by atomic mass is 10.0. The van der Waals surface area contributed by atoms with Gasteiger partial charge in [-0.2, -0.15) is 0 Å². The Morgan fingerprint density at radius 3 is 2.61 bits per heavy atom. The molecule has 2 heterocycles. The summed E-state index contributed by atoms with van der Waals surface area (Å²) in [6.07, 6.45) is 1.72. The number of fused-ring (bicyclic) bond motifs is 1. The number of ether oxygens (including phenoxy) is 1. The first-order valence-electron chi connectivity index (χ1n) is 10.1. The van der Waals surface area contributed by atoms with E-state index in [-0.39, 0.29) is 30.2 Å². The molecule has 2 atom stereocenters. The van der Waals surface area contributed by atoms with Crippen molar-refractivity contribution in [2.75, 3.05) is 13.2 Å². The molecule has 1 saturated heterocycles. The summed E-state index contributed by atoms with van der Waals surface area (Å²) in [5.74, 6) is -2.05. The summed E-state index contributed by atoms with van der Waals surface area (Å²) < 4.78 is 5.52. The third-order valence-corrected chi connectivity index (χ3v) is 5.54. The van der Waals surface area contributed by atoms with E-state index in [1.165, 1.54) is 18.2 Å². The Bertz CT molecular complexity index is 1030. The van der Waals surface area contributed by atoms with Crippen molar-refractivity contribution in [3.05, 3.63) is 75.3 Å². The first kappa shape index (κ1) is 20.7. The predicted octanol–water partition coefficient (Wildman–Crippen LogP) is 2.10. The average Bonchev–Trinajstić information content (AvgIpc) is 3.38. The Morgan fingerprint density at radius 1 is 1.16 bits per heavy atom. The van der Waals surface area contributed by atoms with Crippen molar-refractivity contribution in [3.8, 4) is 0 Å². The lowest BCUT2D eigenvalue weighted by molar-refractivity contribution is -0.385. The summed E-state index contributed by atoms with van der Waals surface area (Å²) in [5, 5.41) is 14.2. The maximum absolute atomic E-state index is 13.1. The Labute approximate surface area is 178 Å². The van der Waals surface area contributed by atoms with Crippen LogP contribution < -0.4 is 5.32 Å². The van der Waals surface area contributed by atoms with E-state index < -0.39 is 34.4 Å². The molecule has 4 rings (SSSR count). The first-order valence-corrected chi connectivity index (χ1v) is 10.1. The van der Waals surface area contributed by atoms with Crippen molar-refractivity contribution in [3.63, 3.8) is 0 Å². The molecule has 31 heavy (non-hydrogen) atoms. The monoisotopic (exact) mass is 423 g/mol. The third kappa shape index (κ3) is 4.04. The summed E-state index contributed by atoms with van der Waals surface area (Å²) in [6.45, 7) is 0.906. The molecule has 1 fully saturated rings. The van der Waals surface area contributed by atoms with E-state index in [4.69, 9.17) is 4.74 Å². The lowest BCUT2D eigenvalue weighted by Gasteiger charge is -2.26. The Hall–Kier alpha value is -3.59. The SMILES string of the molecule is O=C(NC[C@@H]1CCCO1)[C@H](Cc1ccccc1)N1C(=O)c2cccc([N+](=O)[O-])c2C1=O. The fraction of sp³-hybridized carbons (Fsp3) is 0.318. The van der Waals surface area contributed by atoms with Gasteiger partial charge >= 0.3 is 0 Å². The second kappa shape index (κ2) is 8.65. The third-order valence-electron chi connectivity index (χ3n) is 5.54. The highest BCUT2D eigenvalue weighted by atomic mass is 16.6. The quantitative estimate of drug-likeness (QED) is 0.414. The van der Waals surface area contributed by atoms with Crippen molar-refractivity contribution >= 4 is 23.4 Å². The number of benzene rings is 2. The molecule has 2 aromatic carbocycles. The van der Waals surface area contributed by atoms with Crippen molar-refractivity contribution < 1.29 is 24.0 Å². The van der Waals surface area contributed by atoms with Crippen molar-refractivity contribution in [1.29, 1.82) is 0 Å². The van der Waals surface area contributed by atoms with Gasteiger partial charge in [-0.25, -0.2) is 0 Å². The average molecular weight is 423 g/mol. The second-order valence-corrected chi connectivity index (χ2v) is 7.52. The zero-order valence-corrected chi connectivity index (χ0v) is 16.7. The van der Waals surface area contributed by atoms with Crippen LogP contribution >= 0.6 is 0 Å². The lowest BCUT2D eigenvalue weighted by Crippen LogP contribution is -2.51. The summed E-state index contributed by atoms with van der Waals surface area (Å²) in [5.41, 5.74) is -0.0333. The van der Waals surface area contributed by atoms with E-state index in [9.17, 15) is 24.5 Å². The summed E-state index contributed by atoms with van der Waals surface area (Å²) in [6, 6.07) is 11.8. The molecule has 9 nitrogen and oxygen atoms in total. The number of carbonyl (C=O) groups is 3. The summed E-state index contributed by atoms with van der Waals surface area (Å²) >= 11 is 0. The van der Waals surface area contributed by atoms with Crippen molar-refractivity contribution in [2.45, 2.75) is 31.4 Å². The van der Waals surface area contributed by atoms with Crippen LogP contribution in [0.1, 0.15) is 39.1 Å². The molecule has 9 heteroatoms. The van der Waals surface area contributed by atoms with Crippen LogP contribution in [0.4, 0.5) is 5.69 Å². The van der Waals surface area contributed by atoms with Crippen LogP contribution in [0, 0.1) is 10.1 Å². The molecule has 2 aliphatic heterocycles. The van der Waals surface area contributed by atoms with Gasteiger partial charge in [0.15, 0.2) is 0 Å². The van der Waals surface area contributed by atoms with Gasteiger partial charge in [-0.1, -0.05) is 36.4 Å². The first-order chi connectivity index (χ1) is 15.0. The number of hydrogen-bond acceptors (Lipinski definition) is 6. The van der Waals surface area contributed by atoms with Gasteiger partial charge in [-0.3, -0.25) is 29.4 Å². The minimum absolute atomic E-state index is 0.0656. The fourth-order valence-corrected chi connectivity index (χ4v) is 4.00. The number of nitrogens with zero attached hydrogens (tertiary/aromatic N) is 2. The van der Waals surface area contributed by atoms with Gasteiger partial charge in [-0.05, 0) is 24.5 Å². The number of imide groups is 1. The molecule has 1 N–H and O–H groups in total. The number of hydrogen-bond donors (Lipinski definition) is 1. The van der Waals surface area contributed by atoms with Crippen LogP contribution in [-0.2, 0) is 16.0 Å². The van der Waals surface area contributed by atoms with E-state index >= 15 is 0 Å². The second-order valence-electron chi connectivity index (χ2n) is 7.52. The van der Waals surface area contributed by atoms with Crippen LogP contribution in [0.15, 0.2) is 48.5 Å². The van der Waals surface area contributed by atoms with Gasteiger partial charge in [0.05, 0.1) is 16.6 Å². The molecule has 2 aliphatic rings. The highest BCUT2D eigenvalue weighted by molar-refractivity contribution is 6.24. The molecule has 0 radical (unpaired) electrons. The molecule has 0 bridgehead atoms. The highest BCUT2D eigenvalue weighted by Gasteiger charge is 2.46. The number of amides is 3. The summed E-state index contributed by atoms with van der Waals surface area (Å²) in [4.78, 5) is 50.8.